The van der Waals surface area contributed by atoms with Crippen LogP contribution in [0.1, 0.15) is 42.4 Å². The second kappa shape index (κ2) is 10.1. The van der Waals surface area contributed by atoms with E-state index in [4.69, 9.17) is 12.6 Å². The summed E-state index contributed by atoms with van der Waals surface area (Å²) in [6.45, 7) is 0. The molecule has 0 aromatic heterocycles. The molecule has 1 unspecified atom stereocenters. The number of benzene rings is 3. The van der Waals surface area contributed by atoms with Crippen LogP contribution < -0.4 is 0 Å². The lowest BCUT2D eigenvalue weighted by Crippen LogP contribution is -2.39. The van der Waals surface area contributed by atoms with Crippen molar-refractivity contribution in [3.63, 3.8) is 0 Å². The summed E-state index contributed by atoms with van der Waals surface area (Å²) in [7, 11) is 0. The number of rotatable bonds is 9. The van der Waals surface area contributed by atoms with E-state index in [2.05, 4.69) is 107 Å². The van der Waals surface area contributed by atoms with Gasteiger partial charge in [0.1, 0.15) is 0 Å². The summed E-state index contributed by atoms with van der Waals surface area (Å²) < 4.78 is 0. The molecule has 0 fully saturated rings. The topological polar surface area (TPSA) is 0 Å². The third-order valence-corrected chi connectivity index (χ3v) is 6.50. The summed E-state index contributed by atoms with van der Waals surface area (Å²) in [5, 5.41) is 1.27. The van der Waals surface area contributed by atoms with Gasteiger partial charge in [-0.2, -0.15) is 12.6 Å². The summed E-state index contributed by atoms with van der Waals surface area (Å²) in [6, 6.07) is 32.6. The molecule has 27 heavy (non-hydrogen) atoms. The van der Waals surface area contributed by atoms with E-state index < -0.39 is 0 Å². The maximum Gasteiger partial charge on any atom is 0.0567 e. The first-order valence-electron chi connectivity index (χ1n) is 9.70. The van der Waals surface area contributed by atoms with E-state index >= 15 is 0 Å². The van der Waals surface area contributed by atoms with Gasteiger partial charge in [-0.25, -0.2) is 0 Å². The lowest BCUT2D eigenvalue weighted by atomic mass is 9.66. The smallest absolute Gasteiger partial charge is 0.0567 e. The second-order valence-corrected chi connectivity index (χ2v) is 8.38. The Morgan fingerprint density at radius 2 is 1.04 bits per heavy atom. The van der Waals surface area contributed by atoms with Crippen molar-refractivity contribution in [2.45, 2.75) is 36.3 Å². The lowest BCUT2D eigenvalue weighted by molar-refractivity contribution is 0.526. The van der Waals surface area contributed by atoms with Gasteiger partial charge < -0.3 is 0 Å². The molecule has 1 atom stereocenters. The predicted molar refractivity (Wildman–Crippen MR) is 124 cm³/mol. The summed E-state index contributed by atoms with van der Waals surface area (Å²) in [6.07, 6.45) is 4.72. The molecule has 3 rings (SSSR count). The van der Waals surface area contributed by atoms with E-state index in [9.17, 15) is 0 Å². The van der Waals surface area contributed by atoms with Crippen molar-refractivity contribution in [1.29, 1.82) is 0 Å². The van der Waals surface area contributed by atoms with Crippen LogP contribution in [0, 0.1) is 0 Å². The number of hydrogen-bond donors (Lipinski definition) is 1. The van der Waals surface area contributed by atoms with Crippen molar-refractivity contribution in [3.05, 3.63) is 108 Å². The molecule has 140 valence electrons. The van der Waals surface area contributed by atoms with Crippen LogP contribution in [0.5, 0.6) is 0 Å². The molecular formula is C25H27BrS. The molecule has 0 saturated heterocycles. The first-order chi connectivity index (χ1) is 13.3. The van der Waals surface area contributed by atoms with Crippen molar-refractivity contribution in [2.75, 3.05) is 5.33 Å². The van der Waals surface area contributed by atoms with Gasteiger partial charge in [0.2, 0.25) is 0 Å². The maximum absolute atomic E-state index is 5.24. The van der Waals surface area contributed by atoms with Crippen molar-refractivity contribution in [1.82, 2.24) is 0 Å². The van der Waals surface area contributed by atoms with Gasteiger partial charge in [-0.15, -0.1) is 0 Å². The highest BCUT2D eigenvalue weighted by Crippen LogP contribution is 2.45. The highest BCUT2D eigenvalue weighted by atomic mass is 79.9. The summed E-state index contributed by atoms with van der Waals surface area (Å²) >= 11 is 8.78. The molecule has 0 amide bonds. The highest BCUT2D eigenvalue weighted by molar-refractivity contribution is 9.09. The Morgan fingerprint density at radius 3 is 1.41 bits per heavy atom. The Kier molecular flexibility index (Phi) is 7.60. The van der Waals surface area contributed by atoms with Crippen molar-refractivity contribution in [3.8, 4) is 0 Å². The molecule has 2 heteroatoms. The number of alkyl halides is 1. The molecule has 0 N–H and O–H groups in total. The standard InChI is InChI=1S/C25H27BrS/c26-20-12-4-11-19-24(27)25(21-13-5-1-6-14-21,22-15-7-2-8-16-22)23-17-9-3-10-18-23/h1-3,5-10,13-18,24,27H,4,11-12,19-20H2. The third kappa shape index (κ3) is 4.50. The average Bonchev–Trinajstić information content (AvgIpc) is 2.74. The number of thiol groups is 1. The van der Waals surface area contributed by atoms with Gasteiger partial charge in [-0.05, 0) is 29.5 Å². The van der Waals surface area contributed by atoms with Gasteiger partial charge in [0.15, 0.2) is 0 Å². The molecule has 3 aromatic rings. The SMILES string of the molecule is SC(CCCCCBr)C(c1ccccc1)(c1ccccc1)c1ccccc1. The lowest BCUT2D eigenvalue weighted by Gasteiger charge is -2.41. The van der Waals surface area contributed by atoms with E-state index in [0.29, 0.717) is 0 Å². The molecule has 0 aliphatic rings. The fourth-order valence-corrected chi connectivity index (χ4v) is 5.03. The van der Waals surface area contributed by atoms with Crippen molar-refractivity contribution in [2.24, 2.45) is 0 Å². The van der Waals surface area contributed by atoms with Crippen LogP contribution in [-0.2, 0) is 5.41 Å². The molecule has 0 heterocycles. The summed E-state index contributed by atoms with van der Waals surface area (Å²) in [4.78, 5) is 0. The summed E-state index contributed by atoms with van der Waals surface area (Å²) in [5.41, 5.74) is 3.66. The zero-order chi connectivity index (χ0) is 19.0. The monoisotopic (exact) mass is 438 g/mol. The molecule has 0 spiro atoms. The third-order valence-electron chi connectivity index (χ3n) is 5.30. The zero-order valence-electron chi connectivity index (χ0n) is 15.6. The van der Waals surface area contributed by atoms with Gasteiger partial charge in [-0.1, -0.05) is 120 Å². The molecular weight excluding hydrogens is 412 g/mol. The van der Waals surface area contributed by atoms with Gasteiger partial charge in [0, 0.05) is 10.6 Å². The Labute approximate surface area is 177 Å². The van der Waals surface area contributed by atoms with Crippen LogP contribution in [0.25, 0.3) is 0 Å². The molecule has 0 nitrogen and oxygen atoms in total. The van der Waals surface area contributed by atoms with Gasteiger partial charge >= 0.3 is 0 Å². The largest absolute Gasteiger partial charge is 0.174 e. The van der Waals surface area contributed by atoms with Crippen LogP contribution in [-0.4, -0.2) is 10.6 Å². The summed E-state index contributed by atoms with van der Waals surface area (Å²) in [5.74, 6) is 0. The van der Waals surface area contributed by atoms with Crippen LogP contribution in [0.15, 0.2) is 91.0 Å². The molecule has 3 aromatic carbocycles. The fourth-order valence-electron chi connectivity index (χ4n) is 4.01. The average molecular weight is 439 g/mol. The van der Waals surface area contributed by atoms with Crippen molar-refractivity contribution >= 4 is 28.6 Å². The van der Waals surface area contributed by atoms with Gasteiger partial charge in [0.05, 0.1) is 5.41 Å². The first-order valence-corrected chi connectivity index (χ1v) is 11.3. The normalized spacial score (nSPS) is 12.7. The fraction of sp³-hybridized carbons (Fsp3) is 0.280. The van der Waals surface area contributed by atoms with E-state index in [1.807, 2.05) is 0 Å². The zero-order valence-corrected chi connectivity index (χ0v) is 18.1. The predicted octanol–water partition coefficient (Wildman–Crippen LogP) is 7.27. The van der Waals surface area contributed by atoms with Gasteiger partial charge in [-0.3, -0.25) is 0 Å². The number of halogens is 1. The van der Waals surface area contributed by atoms with E-state index in [0.717, 1.165) is 11.8 Å². The molecule has 0 radical (unpaired) electrons. The molecule has 0 bridgehead atoms. The van der Waals surface area contributed by atoms with E-state index in [1.165, 1.54) is 36.0 Å². The van der Waals surface area contributed by atoms with Crippen LogP contribution >= 0.6 is 28.6 Å². The van der Waals surface area contributed by atoms with Crippen LogP contribution in [0.4, 0.5) is 0 Å². The first kappa shape index (κ1) is 20.2. The number of unbranched alkanes of at least 4 members (excludes halogenated alkanes) is 2. The van der Waals surface area contributed by atoms with Crippen LogP contribution in [0.3, 0.4) is 0 Å². The van der Waals surface area contributed by atoms with E-state index in [1.54, 1.807) is 0 Å². The quantitative estimate of drug-likeness (QED) is 0.154. The Hall–Kier alpha value is -1.51. The Morgan fingerprint density at radius 1 is 0.630 bits per heavy atom. The van der Waals surface area contributed by atoms with Gasteiger partial charge in [0.25, 0.3) is 0 Å². The number of hydrogen-bond acceptors (Lipinski definition) is 1. The van der Waals surface area contributed by atoms with Crippen molar-refractivity contribution < 1.29 is 0 Å². The maximum atomic E-state index is 5.24. The Balaban J connectivity index is 2.14. The minimum Gasteiger partial charge on any atom is -0.174 e. The molecule has 0 aliphatic carbocycles. The minimum absolute atomic E-state index is 0.194. The molecule has 0 saturated carbocycles. The van der Waals surface area contributed by atoms with Crippen LogP contribution in [0.2, 0.25) is 0 Å². The minimum atomic E-state index is -0.263. The second-order valence-electron chi connectivity index (χ2n) is 6.96. The highest BCUT2D eigenvalue weighted by Gasteiger charge is 2.41. The van der Waals surface area contributed by atoms with E-state index in [-0.39, 0.29) is 10.7 Å². The molecule has 0 aliphatic heterocycles. The Bertz CT molecular complexity index is 690.